The molecule has 1 N–H and O–H groups in total. The van der Waals surface area contributed by atoms with E-state index in [1.807, 2.05) is 0 Å². The Hall–Kier alpha value is -5.60. The Morgan fingerprint density at radius 3 is 1.56 bits per heavy atom. The summed E-state index contributed by atoms with van der Waals surface area (Å²) in [5.41, 5.74) is 12.2. The van der Waals surface area contributed by atoms with Gasteiger partial charge in [0.2, 0.25) is 0 Å². The summed E-state index contributed by atoms with van der Waals surface area (Å²) in [6.45, 7) is 0. The Balaban J connectivity index is 1.16. The zero-order chi connectivity index (χ0) is 31.9. The van der Waals surface area contributed by atoms with Crippen molar-refractivity contribution in [1.29, 1.82) is 0 Å². The molecule has 1 aromatic heterocycles. The van der Waals surface area contributed by atoms with Gasteiger partial charge < -0.3 is 9.88 Å². The van der Waals surface area contributed by atoms with E-state index in [0.717, 1.165) is 11.4 Å². The molecule has 0 amide bonds. The average molecular weight is 619 g/mol. The normalized spacial score (nSPS) is 13.8. The minimum absolute atomic E-state index is 0.660. The predicted molar refractivity (Wildman–Crippen MR) is 205 cm³/mol. The third-order valence-electron chi connectivity index (χ3n) is 10.4. The van der Waals surface area contributed by atoms with Crippen LogP contribution in [-0.4, -0.2) is 4.57 Å². The fraction of sp³-hybridized carbons (Fsp3) is 0.130. The summed E-state index contributed by atoms with van der Waals surface area (Å²) in [7, 11) is 0. The maximum Gasteiger partial charge on any atom is 0.0541 e. The standard InChI is InChI=1S/C46H38N2/c1-2-16-32(17-3-1)33-30-31-36(35-19-5-4-18-34(33)35)37-20-6-11-25-42(37)47-43-26-12-7-21-38(43)39-22-8-13-27-44(39)48-45-28-14-9-23-40(45)41-24-10-15-29-46(41)48/h4-15,18-32,47H,1-3,16-17H2. The zero-order valence-electron chi connectivity index (χ0n) is 27.1. The first-order valence-corrected chi connectivity index (χ1v) is 17.4. The van der Waals surface area contributed by atoms with Crippen LogP contribution in [-0.2, 0) is 0 Å². The Bertz CT molecular complexity index is 2370. The Labute approximate surface area is 282 Å². The van der Waals surface area contributed by atoms with Gasteiger partial charge in [0, 0.05) is 38.8 Å². The molecule has 2 heteroatoms. The van der Waals surface area contributed by atoms with E-state index in [2.05, 4.69) is 168 Å². The van der Waals surface area contributed by atoms with Crippen LogP contribution in [0.3, 0.4) is 0 Å². The summed E-state index contributed by atoms with van der Waals surface area (Å²) in [5, 5.41) is 9.19. The van der Waals surface area contributed by atoms with E-state index in [9.17, 15) is 0 Å². The number of aromatic nitrogens is 1. The molecule has 8 aromatic rings. The van der Waals surface area contributed by atoms with Crippen LogP contribution in [0.4, 0.5) is 11.4 Å². The molecule has 7 aromatic carbocycles. The highest BCUT2D eigenvalue weighted by Crippen LogP contribution is 2.43. The highest BCUT2D eigenvalue weighted by molar-refractivity contribution is 6.10. The van der Waals surface area contributed by atoms with Crippen molar-refractivity contribution in [2.45, 2.75) is 38.0 Å². The van der Waals surface area contributed by atoms with Crippen LogP contribution in [0.25, 0.3) is 60.5 Å². The van der Waals surface area contributed by atoms with Gasteiger partial charge >= 0.3 is 0 Å². The Morgan fingerprint density at radius 2 is 0.896 bits per heavy atom. The summed E-state index contributed by atoms with van der Waals surface area (Å²) < 4.78 is 2.42. The van der Waals surface area contributed by atoms with Crippen molar-refractivity contribution in [2.75, 3.05) is 5.32 Å². The smallest absolute Gasteiger partial charge is 0.0541 e. The molecule has 48 heavy (non-hydrogen) atoms. The van der Waals surface area contributed by atoms with E-state index in [1.54, 1.807) is 0 Å². The molecule has 1 aliphatic carbocycles. The van der Waals surface area contributed by atoms with E-state index in [-0.39, 0.29) is 0 Å². The highest BCUT2D eigenvalue weighted by atomic mass is 15.0. The zero-order valence-corrected chi connectivity index (χ0v) is 27.1. The van der Waals surface area contributed by atoms with Gasteiger partial charge in [-0.3, -0.25) is 0 Å². The van der Waals surface area contributed by atoms with Crippen LogP contribution in [0.15, 0.2) is 158 Å². The second-order valence-corrected chi connectivity index (χ2v) is 13.2. The van der Waals surface area contributed by atoms with E-state index < -0.39 is 0 Å². The number of hydrogen-bond donors (Lipinski definition) is 1. The van der Waals surface area contributed by atoms with Gasteiger partial charge in [-0.1, -0.05) is 147 Å². The van der Waals surface area contributed by atoms with Gasteiger partial charge in [0.15, 0.2) is 0 Å². The highest BCUT2D eigenvalue weighted by Gasteiger charge is 2.21. The molecule has 0 spiro atoms. The lowest BCUT2D eigenvalue weighted by Gasteiger charge is -2.24. The molecule has 9 rings (SSSR count). The number of rotatable bonds is 6. The molecule has 232 valence electrons. The van der Waals surface area contributed by atoms with Crippen LogP contribution in [0, 0.1) is 0 Å². The molecule has 1 fully saturated rings. The number of anilines is 2. The molecule has 0 unspecified atom stereocenters. The van der Waals surface area contributed by atoms with Gasteiger partial charge in [0.25, 0.3) is 0 Å². The van der Waals surface area contributed by atoms with Gasteiger partial charge in [-0.2, -0.15) is 0 Å². The largest absolute Gasteiger partial charge is 0.355 e. The number of nitrogens with one attached hydrogen (secondary N) is 1. The Morgan fingerprint density at radius 1 is 0.396 bits per heavy atom. The van der Waals surface area contributed by atoms with Gasteiger partial charge in [0.1, 0.15) is 0 Å². The van der Waals surface area contributed by atoms with Gasteiger partial charge in [-0.15, -0.1) is 0 Å². The van der Waals surface area contributed by atoms with Crippen molar-refractivity contribution in [3.05, 3.63) is 163 Å². The number of fused-ring (bicyclic) bond motifs is 4. The first-order chi connectivity index (χ1) is 23.8. The van der Waals surface area contributed by atoms with Gasteiger partial charge in [-0.25, -0.2) is 0 Å². The molecule has 1 aliphatic rings. The van der Waals surface area contributed by atoms with Crippen molar-refractivity contribution in [2.24, 2.45) is 0 Å². The monoisotopic (exact) mass is 618 g/mol. The van der Waals surface area contributed by atoms with Crippen molar-refractivity contribution in [3.63, 3.8) is 0 Å². The second kappa shape index (κ2) is 12.2. The number of nitrogens with zero attached hydrogens (tertiary/aromatic N) is 1. The SMILES string of the molecule is c1ccc(-c2ccccc2-n2c3ccccc3c3ccccc32)c(Nc2ccccc2-c2ccc(C3CCCCC3)c3ccccc23)c1. The maximum absolute atomic E-state index is 3.92. The summed E-state index contributed by atoms with van der Waals surface area (Å²) in [6, 6.07) is 57.6. The molecular formula is C46H38N2. The minimum Gasteiger partial charge on any atom is -0.355 e. The minimum atomic E-state index is 0.660. The van der Waals surface area contributed by atoms with Crippen LogP contribution < -0.4 is 5.32 Å². The lowest BCUT2D eigenvalue weighted by molar-refractivity contribution is 0.445. The third kappa shape index (κ3) is 4.88. The molecular weight excluding hydrogens is 581 g/mol. The molecule has 0 bridgehead atoms. The third-order valence-corrected chi connectivity index (χ3v) is 10.4. The number of hydrogen-bond acceptors (Lipinski definition) is 1. The van der Waals surface area contributed by atoms with Crippen LogP contribution in [0.5, 0.6) is 0 Å². The maximum atomic E-state index is 3.92. The molecule has 1 heterocycles. The molecule has 1 saturated carbocycles. The average Bonchev–Trinajstić information content (AvgIpc) is 3.50. The predicted octanol–water partition coefficient (Wildman–Crippen LogP) is 13.1. The summed E-state index contributed by atoms with van der Waals surface area (Å²) in [6.07, 6.45) is 6.65. The van der Waals surface area contributed by atoms with Gasteiger partial charge in [0.05, 0.1) is 16.7 Å². The molecule has 2 nitrogen and oxygen atoms in total. The van der Waals surface area contributed by atoms with Crippen molar-refractivity contribution >= 4 is 44.0 Å². The van der Waals surface area contributed by atoms with Crippen LogP contribution >= 0.6 is 0 Å². The summed E-state index contributed by atoms with van der Waals surface area (Å²) >= 11 is 0. The lowest BCUT2D eigenvalue weighted by Crippen LogP contribution is -2.05. The Kier molecular flexibility index (Phi) is 7.28. The molecule has 0 radical (unpaired) electrons. The second-order valence-electron chi connectivity index (χ2n) is 13.2. The van der Waals surface area contributed by atoms with E-state index in [0.29, 0.717) is 5.92 Å². The van der Waals surface area contributed by atoms with Gasteiger partial charge in [-0.05, 0) is 71.0 Å². The first kappa shape index (κ1) is 28.6. The fourth-order valence-corrected chi connectivity index (χ4v) is 8.20. The molecule has 0 saturated heterocycles. The van der Waals surface area contributed by atoms with Crippen molar-refractivity contribution in [3.8, 4) is 27.9 Å². The van der Waals surface area contributed by atoms with E-state index >= 15 is 0 Å². The van der Waals surface area contributed by atoms with Crippen molar-refractivity contribution in [1.82, 2.24) is 4.57 Å². The van der Waals surface area contributed by atoms with E-state index in [1.165, 1.54) is 98.2 Å². The summed E-state index contributed by atoms with van der Waals surface area (Å²) in [4.78, 5) is 0. The van der Waals surface area contributed by atoms with Crippen LogP contribution in [0.1, 0.15) is 43.6 Å². The fourth-order valence-electron chi connectivity index (χ4n) is 8.20. The topological polar surface area (TPSA) is 17.0 Å². The number of benzene rings is 7. The quantitative estimate of drug-likeness (QED) is 0.196. The molecule has 0 aliphatic heterocycles. The van der Waals surface area contributed by atoms with E-state index in [4.69, 9.17) is 0 Å². The molecule has 0 atom stereocenters. The van der Waals surface area contributed by atoms with Crippen LogP contribution in [0.2, 0.25) is 0 Å². The first-order valence-electron chi connectivity index (χ1n) is 17.4. The number of para-hydroxylation sites is 5. The summed E-state index contributed by atoms with van der Waals surface area (Å²) in [5.74, 6) is 0.660. The lowest BCUT2D eigenvalue weighted by atomic mass is 9.81. The van der Waals surface area contributed by atoms with Crippen molar-refractivity contribution < 1.29 is 0 Å².